The topological polar surface area (TPSA) is 86.0 Å². The van der Waals surface area contributed by atoms with Gasteiger partial charge in [0.2, 0.25) is 5.76 Å². The monoisotopic (exact) mass is 393 g/mol. The third-order valence-electron chi connectivity index (χ3n) is 4.81. The van der Waals surface area contributed by atoms with Crippen LogP contribution in [0.15, 0.2) is 52.9 Å². The SMILES string of the molecule is COCc1c(C(=O)OCCCN2C(=O)c3ccccc3C2=O)oc2ccccc12. The molecular formula is C22H19NO6. The van der Waals surface area contributed by atoms with Gasteiger partial charge in [-0.15, -0.1) is 0 Å². The number of fused-ring (bicyclic) bond motifs is 2. The summed E-state index contributed by atoms with van der Waals surface area (Å²) >= 11 is 0. The van der Waals surface area contributed by atoms with Crippen molar-refractivity contribution in [3.05, 3.63) is 71.0 Å². The summed E-state index contributed by atoms with van der Waals surface area (Å²) < 4.78 is 16.1. The van der Waals surface area contributed by atoms with Gasteiger partial charge in [-0.25, -0.2) is 4.79 Å². The van der Waals surface area contributed by atoms with Gasteiger partial charge in [0.05, 0.1) is 24.3 Å². The van der Waals surface area contributed by atoms with Gasteiger partial charge in [0.1, 0.15) is 5.58 Å². The Labute approximate surface area is 166 Å². The number of furan rings is 1. The number of carbonyl (C=O) groups is 3. The fourth-order valence-corrected chi connectivity index (χ4v) is 3.45. The highest BCUT2D eigenvalue weighted by Gasteiger charge is 2.34. The molecule has 1 aliphatic rings. The summed E-state index contributed by atoms with van der Waals surface area (Å²) in [5.74, 6) is -1.14. The van der Waals surface area contributed by atoms with E-state index >= 15 is 0 Å². The summed E-state index contributed by atoms with van der Waals surface area (Å²) in [6.07, 6.45) is 0.330. The van der Waals surface area contributed by atoms with E-state index in [-0.39, 0.29) is 37.3 Å². The van der Waals surface area contributed by atoms with Gasteiger partial charge in [0.15, 0.2) is 0 Å². The van der Waals surface area contributed by atoms with E-state index in [9.17, 15) is 14.4 Å². The number of rotatable bonds is 7. The number of esters is 1. The minimum atomic E-state index is -0.601. The van der Waals surface area contributed by atoms with E-state index in [1.165, 1.54) is 4.90 Å². The zero-order valence-corrected chi connectivity index (χ0v) is 15.8. The largest absolute Gasteiger partial charge is 0.460 e. The highest BCUT2D eigenvalue weighted by atomic mass is 16.5. The van der Waals surface area contributed by atoms with Gasteiger partial charge in [-0.2, -0.15) is 0 Å². The number of hydrogen-bond acceptors (Lipinski definition) is 6. The van der Waals surface area contributed by atoms with Crippen LogP contribution in [0.4, 0.5) is 0 Å². The average molecular weight is 393 g/mol. The zero-order chi connectivity index (χ0) is 20.4. The Morgan fingerprint density at radius 3 is 2.34 bits per heavy atom. The minimum absolute atomic E-state index is 0.0513. The quantitative estimate of drug-likeness (QED) is 0.347. The summed E-state index contributed by atoms with van der Waals surface area (Å²) in [6, 6.07) is 14.0. The average Bonchev–Trinajstić information content (AvgIpc) is 3.22. The zero-order valence-electron chi connectivity index (χ0n) is 15.8. The Balaban J connectivity index is 1.38. The maximum atomic E-state index is 12.5. The van der Waals surface area contributed by atoms with E-state index in [1.54, 1.807) is 37.4 Å². The van der Waals surface area contributed by atoms with Gasteiger partial charge in [0, 0.05) is 24.6 Å². The second kappa shape index (κ2) is 7.89. The molecule has 0 N–H and O–H groups in total. The molecule has 0 aliphatic carbocycles. The van der Waals surface area contributed by atoms with Crippen LogP contribution in [0.1, 0.15) is 43.3 Å². The molecule has 0 atom stereocenters. The Bertz CT molecular complexity index is 1060. The Hall–Kier alpha value is -3.45. The number of nitrogens with zero attached hydrogens (tertiary/aromatic N) is 1. The van der Waals surface area contributed by atoms with Crippen LogP contribution in [0.3, 0.4) is 0 Å². The maximum absolute atomic E-state index is 12.5. The molecule has 7 heteroatoms. The van der Waals surface area contributed by atoms with Crippen LogP contribution in [-0.4, -0.2) is 42.9 Å². The Morgan fingerprint density at radius 1 is 1.00 bits per heavy atom. The highest BCUT2D eigenvalue weighted by Crippen LogP contribution is 2.27. The lowest BCUT2D eigenvalue weighted by Crippen LogP contribution is -2.31. The van der Waals surface area contributed by atoms with Crippen LogP contribution in [0.5, 0.6) is 0 Å². The van der Waals surface area contributed by atoms with Crippen LogP contribution in [0.2, 0.25) is 0 Å². The van der Waals surface area contributed by atoms with Crippen molar-refractivity contribution in [2.45, 2.75) is 13.0 Å². The second-order valence-electron chi connectivity index (χ2n) is 6.64. The molecule has 2 heterocycles. The smallest absolute Gasteiger partial charge is 0.374 e. The molecule has 29 heavy (non-hydrogen) atoms. The van der Waals surface area contributed by atoms with Gasteiger partial charge >= 0.3 is 5.97 Å². The molecule has 0 spiro atoms. The van der Waals surface area contributed by atoms with Gasteiger partial charge in [0.25, 0.3) is 11.8 Å². The molecule has 148 valence electrons. The van der Waals surface area contributed by atoms with E-state index in [1.807, 2.05) is 18.2 Å². The second-order valence-corrected chi connectivity index (χ2v) is 6.64. The van der Waals surface area contributed by atoms with E-state index in [0.29, 0.717) is 28.7 Å². The fraction of sp³-hybridized carbons (Fsp3) is 0.227. The Morgan fingerprint density at radius 2 is 1.66 bits per heavy atom. The Kier molecular flexibility index (Phi) is 5.14. The molecule has 2 amide bonds. The van der Waals surface area contributed by atoms with Crippen LogP contribution >= 0.6 is 0 Å². The van der Waals surface area contributed by atoms with Gasteiger partial charge < -0.3 is 13.9 Å². The van der Waals surface area contributed by atoms with Crippen molar-refractivity contribution in [1.82, 2.24) is 4.90 Å². The molecule has 4 rings (SSSR count). The number of ether oxygens (including phenoxy) is 2. The summed E-state index contributed by atoms with van der Waals surface area (Å²) in [4.78, 5) is 38.4. The predicted molar refractivity (Wildman–Crippen MR) is 104 cm³/mol. The number of carbonyl (C=O) groups excluding carboxylic acids is 3. The number of hydrogen-bond donors (Lipinski definition) is 0. The molecule has 3 aromatic rings. The van der Waals surface area contributed by atoms with Crippen molar-refractivity contribution >= 4 is 28.8 Å². The third kappa shape index (κ3) is 3.40. The molecule has 1 aromatic heterocycles. The number of benzene rings is 2. The predicted octanol–water partition coefficient (Wildman–Crippen LogP) is 3.42. The summed E-state index contributed by atoms with van der Waals surface area (Å²) in [7, 11) is 1.54. The normalized spacial score (nSPS) is 13.2. The maximum Gasteiger partial charge on any atom is 0.374 e. The first-order chi connectivity index (χ1) is 14.1. The van der Waals surface area contributed by atoms with Crippen molar-refractivity contribution in [2.24, 2.45) is 0 Å². The minimum Gasteiger partial charge on any atom is -0.460 e. The molecule has 0 unspecified atom stereocenters. The standard InChI is InChI=1S/C22H19NO6/c1-27-13-17-14-7-4-5-10-18(14)29-19(17)22(26)28-12-6-11-23-20(24)15-8-2-3-9-16(15)21(23)25/h2-5,7-10H,6,11-13H2,1H3. The number of amides is 2. The highest BCUT2D eigenvalue weighted by molar-refractivity contribution is 6.21. The first-order valence-corrected chi connectivity index (χ1v) is 9.23. The summed E-state index contributed by atoms with van der Waals surface area (Å²) in [6.45, 7) is 0.441. The first kappa shape index (κ1) is 18.9. The lowest BCUT2D eigenvalue weighted by atomic mass is 10.1. The van der Waals surface area contributed by atoms with Crippen LogP contribution in [-0.2, 0) is 16.1 Å². The van der Waals surface area contributed by atoms with Crippen LogP contribution < -0.4 is 0 Å². The molecule has 0 saturated carbocycles. The number of methoxy groups -OCH3 is 1. The molecule has 0 fully saturated rings. The van der Waals surface area contributed by atoms with Crippen molar-refractivity contribution in [1.29, 1.82) is 0 Å². The van der Waals surface area contributed by atoms with E-state index < -0.39 is 5.97 Å². The number of imide groups is 1. The lowest BCUT2D eigenvalue weighted by molar-refractivity contribution is 0.0445. The molecule has 0 radical (unpaired) electrons. The van der Waals surface area contributed by atoms with Gasteiger partial charge in [-0.05, 0) is 24.6 Å². The first-order valence-electron chi connectivity index (χ1n) is 9.23. The number of para-hydroxylation sites is 1. The summed E-state index contributed by atoms with van der Waals surface area (Å²) in [5, 5.41) is 0.798. The van der Waals surface area contributed by atoms with Crippen molar-refractivity contribution in [3.8, 4) is 0 Å². The molecule has 2 aromatic carbocycles. The van der Waals surface area contributed by atoms with E-state index in [2.05, 4.69) is 0 Å². The van der Waals surface area contributed by atoms with Crippen molar-refractivity contribution < 1.29 is 28.3 Å². The van der Waals surface area contributed by atoms with E-state index in [4.69, 9.17) is 13.9 Å². The van der Waals surface area contributed by atoms with Crippen LogP contribution in [0, 0.1) is 0 Å². The fourth-order valence-electron chi connectivity index (χ4n) is 3.45. The van der Waals surface area contributed by atoms with E-state index in [0.717, 1.165) is 5.39 Å². The van der Waals surface area contributed by atoms with Crippen molar-refractivity contribution in [3.63, 3.8) is 0 Å². The van der Waals surface area contributed by atoms with Gasteiger partial charge in [-0.1, -0.05) is 30.3 Å². The lowest BCUT2D eigenvalue weighted by Gasteiger charge is -2.13. The molecule has 0 bridgehead atoms. The molecular weight excluding hydrogens is 374 g/mol. The van der Waals surface area contributed by atoms with Crippen LogP contribution in [0.25, 0.3) is 11.0 Å². The molecule has 1 aliphatic heterocycles. The van der Waals surface area contributed by atoms with Crippen molar-refractivity contribution in [2.75, 3.05) is 20.3 Å². The third-order valence-corrected chi connectivity index (χ3v) is 4.81. The molecule has 0 saturated heterocycles. The molecule has 7 nitrogen and oxygen atoms in total. The van der Waals surface area contributed by atoms with Gasteiger partial charge in [-0.3, -0.25) is 14.5 Å². The summed E-state index contributed by atoms with van der Waals surface area (Å²) in [5.41, 5.74) is 2.02.